The maximum atomic E-state index is 12.0. The van der Waals surface area contributed by atoms with E-state index in [0.29, 0.717) is 18.0 Å². The van der Waals surface area contributed by atoms with Crippen LogP contribution in [-0.4, -0.2) is 42.1 Å². The van der Waals surface area contributed by atoms with Crippen LogP contribution < -0.4 is 5.32 Å². The lowest BCUT2D eigenvalue weighted by atomic mass is 10.1. The third-order valence-electron chi connectivity index (χ3n) is 3.94. The van der Waals surface area contributed by atoms with Crippen molar-refractivity contribution < 1.29 is 9.32 Å². The summed E-state index contributed by atoms with van der Waals surface area (Å²) in [7, 11) is 0. The van der Waals surface area contributed by atoms with Crippen LogP contribution in [0.4, 0.5) is 0 Å². The largest absolute Gasteiger partial charge is 0.355 e. The van der Waals surface area contributed by atoms with Crippen LogP contribution in [0.2, 0.25) is 0 Å². The Morgan fingerprint density at radius 2 is 2.00 bits per heavy atom. The topological polar surface area (TPSA) is 58.4 Å². The van der Waals surface area contributed by atoms with Gasteiger partial charge in [0.25, 0.3) is 5.91 Å². The number of likely N-dealkylation sites (tertiary alicyclic amines) is 1. The molecular weight excluding hydrogens is 278 g/mol. The number of carbonyl (C=O) groups excluding carboxylic acids is 1. The summed E-state index contributed by atoms with van der Waals surface area (Å²) in [5.41, 5.74) is 1.25. The lowest BCUT2D eigenvalue weighted by Gasteiger charge is -2.13. The number of amides is 1. The fourth-order valence-electron chi connectivity index (χ4n) is 2.72. The molecular formula is C17H21N3O2. The Kier molecular flexibility index (Phi) is 4.85. The van der Waals surface area contributed by atoms with E-state index in [1.54, 1.807) is 6.07 Å². The van der Waals surface area contributed by atoms with E-state index in [9.17, 15) is 4.79 Å². The Labute approximate surface area is 130 Å². The minimum atomic E-state index is -0.174. The summed E-state index contributed by atoms with van der Waals surface area (Å²) < 4.78 is 5.24. The Morgan fingerprint density at radius 3 is 2.77 bits per heavy atom. The van der Waals surface area contributed by atoms with Gasteiger partial charge < -0.3 is 14.7 Å². The molecule has 0 atom stereocenters. The highest BCUT2D eigenvalue weighted by atomic mass is 16.5. The van der Waals surface area contributed by atoms with Gasteiger partial charge in [0.05, 0.1) is 0 Å². The first-order valence-corrected chi connectivity index (χ1v) is 7.85. The zero-order valence-corrected chi connectivity index (χ0v) is 12.6. The summed E-state index contributed by atoms with van der Waals surface area (Å²) in [6, 6.07) is 11.3. The minimum absolute atomic E-state index is 0.174. The second kappa shape index (κ2) is 7.22. The highest BCUT2D eigenvalue weighted by molar-refractivity contribution is 5.93. The molecule has 1 amide bonds. The molecule has 3 rings (SSSR count). The van der Waals surface area contributed by atoms with Crippen molar-refractivity contribution in [1.29, 1.82) is 0 Å². The highest BCUT2D eigenvalue weighted by Gasteiger charge is 2.14. The Balaban J connectivity index is 1.47. The van der Waals surface area contributed by atoms with E-state index in [-0.39, 0.29) is 5.91 Å². The van der Waals surface area contributed by atoms with E-state index in [1.165, 1.54) is 25.9 Å². The molecule has 0 unspecified atom stereocenters. The zero-order chi connectivity index (χ0) is 15.2. The second-order valence-corrected chi connectivity index (χ2v) is 5.60. The normalized spacial score (nSPS) is 15.1. The van der Waals surface area contributed by atoms with E-state index < -0.39 is 0 Å². The van der Waals surface area contributed by atoms with E-state index in [2.05, 4.69) is 15.4 Å². The Bertz CT molecular complexity index is 603. The molecule has 2 aromatic rings. The number of nitrogens with zero attached hydrogens (tertiary/aromatic N) is 2. The van der Waals surface area contributed by atoms with Crippen LogP contribution in [0, 0.1) is 0 Å². The quantitative estimate of drug-likeness (QED) is 0.833. The van der Waals surface area contributed by atoms with Gasteiger partial charge in [0.1, 0.15) is 0 Å². The van der Waals surface area contributed by atoms with Gasteiger partial charge in [0, 0.05) is 18.2 Å². The van der Waals surface area contributed by atoms with Crippen LogP contribution in [0.15, 0.2) is 40.9 Å². The van der Waals surface area contributed by atoms with Crippen LogP contribution in [0.1, 0.15) is 29.8 Å². The molecule has 5 nitrogen and oxygen atoms in total. The number of benzene rings is 1. The minimum Gasteiger partial charge on any atom is -0.355 e. The average molecular weight is 299 g/mol. The van der Waals surface area contributed by atoms with Crippen LogP contribution in [0.5, 0.6) is 0 Å². The van der Waals surface area contributed by atoms with Gasteiger partial charge in [-0.2, -0.15) is 0 Å². The van der Waals surface area contributed by atoms with Crippen molar-refractivity contribution in [2.45, 2.75) is 19.3 Å². The summed E-state index contributed by atoms with van der Waals surface area (Å²) in [4.78, 5) is 14.5. The van der Waals surface area contributed by atoms with Gasteiger partial charge in [-0.05, 0) is 38.9 Å². The van der Waals surface area contributed by atoms with Gasteiger partial charge in [-0.3, -0.25) is 4.79 Å². The number of carbonyl (C=O) groups is 1. The lowest BCUT2D eigenvalue weighted by molar-refractivity contribution is 0.0943. The molecule has 1 aliphatic rings. The van der Waals surface area contributed by atoms with Gasteiger partial charge in [-0.15, -0.1) is 0 Å². The molecule has 0 saturated carbocycles. The van der Waals surface area contributed by atoms with Gasteiger partial charge in [-0.1, -0.05) is 35.5 Å². The Hall–Kier alpha value is -2.14. The molecule has 116 valence electrons. The van der Waals surface area contributed by atoms with Crippen molar-refractivity contribution in [2.24, 2.45) is 0 Å². The first kappa shape index (κ1) is 14.8. The molecule has 1 fully saturated rings. The Morgan fingerprint density at radius 1 is 1.23 bits per heavy atom. The van der Waals surface area contributed by atoms with Gasteiger partial charge in [0.15, 0.2) is 11.5 Å². The molecule has 22 heavy (non-hydrogen) atoms. The monoisotopic (exact) mass is 299 g/mol. The van der Waals surface area contributed by atoms with Crippen molar-refractivity contribution >= 4 is 5.91 Å². The van der Waals surface area contributed by atoms with Crippen LogP contribution in [-0.2, 0) is 0 Å². The van der Waals surface area contributed by atoms with Gasteiger partial charge in [0.2, 0.25) is 0 Å². The molecule has 0 radical (unpaired) electrons. The number of rotatable bonds is 6. The SMILES string of the molecule is O=C(NCCCN1CCCC1)c1cc(-c2ccccc2)on1. The summed E-state index contributed by atoms with van der Waals surface area (Å²) >= 11 is 0. The zero-order valence-electron chi connectivity index (χ0n) is 12.6. The molecule has 2 heterocycles. The van der Waals surface area contributed by atoms with Crippen molar-refractivity contribution in [3.8, 4) is 11.3 Å². The molecule has 1 aromatic heterocycles. The van der Waals surface area contributed by atoms with Crippen LogP contribution in [0.25, 0.3) is 11.3 Å². The molecule has 0 bridgehead atoms. The number of nitrogens with one attached hydrogen (secondary N) is 1. The first-order valence-electron chi connectivity index (χ1n) is 7.85. The lowest BCUT2D eigenvalue weighted by Crippen LogP contribution is -2.28. The molecule has 0 aliphatic carbocycles. The summed E-state index contributed by atoms with van der Waals surface area (Å²) in [5, 5.41) is 6.75. The fourth-order valence-corrected chi connectivity index (χ4v) is 2.72. The maximum absolute atomic E-state index is 12.0. The third kappa shape index (κ3) is 3.74. The maximum Gasteiger partial charge on any atom is 0.273 e. The average Bonchev–Trinajstić information content (AvgIpc) is 3.24. The molecule has 1 saturated heterocycles. The fraction of sp³-hybridized carbons (Fsp3) is 0.412. The number of aromatic nitrogens is 1. The molecule has 0 spiro atoms. The third-order valence-corrected chi connectivity index (χ3v) is 3.94. The molecule has 1 aliphatic heterocycles. The highest BCUT2D eigenvalue weighted by Crippen LogP contribution is 2.19. The van der Waals surface area contributed by atoms with E-state index in [0.717, 1.165) is 18.5 Å². The molecule has 1 aromatic carbocycles. The van der Waals surface area contributed by atoms with Crippen molar-refractivity contribution in [3.05, 3.63) is 42.1 Å². The smallest absolute Gasteiger partial charge is 0.273 e. The van der Waals surface area contributed by atoms with Crippen molar-refractivity contribution in [3.63, 3.8) is 0 Å². The van der Waals surface area contributed by atoms with Crippen molar-refractivity contribution in [2.75, 3.05) is 26.2 Å². The standard InChI is InChI=1S/C17H21N3O2/c21-17(18-9-6-12-20-10-4-5-11-20)15-13-16(22-19-15)14-7-2-1-3-8-14/h1-3,7-8,13H,4-6,9-12H2,(H,18,21). The summed E-state index contributed by atoms with van der Waals surface area (Å²) in [5.74, 6) is 0.440. The summed E-state index contributed by atoms with van der Waals surface area (Å²) in [6.45, 7) is 4.10. The molecule has 1 N–H and O–H groups in total. The summed E-state index contributed by atoms with van der Waals surface area (Å²) in [6.07, 6.45) is 3.57. The van der Waals surface area contributed by atoms with Crippen LogP contribution >= 0.6 is 0 Å². The van der Waals surface area contributed by atoms with Crippen LogP contribution in [0.3, 0.4) is 0 Å². The van der Waals surface area contributed by atoms with E-state index in [4.69, 9.17) is 4.52 Å². The number of hydrogen-bond acceptors (Lipinski definition) is 4. The van der Waals surface area contributed by atoms with E-state index in [1.807, 2.05) is 30.3 Å². The predicted molar refractivity (Wildman–Crippen MR) is 84.6 cm³/mol. The van der Waals surface area contributed by atoms with Crippen molar-refractivity contribution in [1.82, 2.24) is 15.4 Å². The predicted octanol–water partition coefficient (Wildman–Crippen LogP) is 2.56. The molecule has 5 heteroatoms. The van der Waals surface area contributed by atoms with Gasteiger partial charge in [-0.25, -0.2) is 0 Å². The van der Waals surface area contributed by atoms with Gasteiger partial charge >= 0.3 is 0 Å². The second-order valence-electron chi connectivity index (χ2n) is 5.60. The number of hydrogen-bond donors (Lipinski definition) is 1. The first-order chi connectivity index (χ1) is 10.8. The van der Waals surface area contributed by atoms with E-state index >= 15 is 0 Å².